The SMILES string of the molecule is CC(F)COCOCC(C)(F)F. The topological polar surface area (TPSA) is 18.5 Å². The molecule has 0 saturated carbocycles. The first kappa shape index (κ1) is 11.7. The van der Waals surface area contributed by atoms with Gasteiger partial charge in [0.25, 0.3) is 5.92 Å². The molecule has 0 aliphatic rings. The minimum Gasteiger partial charge on any atom is -0.352 e. The van der Waals surface area contributed by atoms with Crippen molar-refractivity contribution in [2.75, 3.05) is 20.0 Å². The largest absolute Gasteiger partial charge is 0.352 e. The Labute approximate surface area is 69.7 Å². The molecule has 5 heteroatoms. The molecule has 2 nitrogen and oxygen atoms in total. The molecular weight excluding hydrogens is 173 g/mol. The van der Waals surface area contributed by atoms with Crippen molar-refractivity contribution in [3.8, 4) is 0 Å². The summed E-state index contributed by atoms with van der Waals surface area (Å²) in [5.74, 6) is -2.86. The van der Waals surface area contributed by atoms with Crippen LogP contribution in [0.4, 0.5) is 13.2 Å². The lowest BCUT2D eigenvalue weighted by atomic mass is 10.4. The molecule has 12 heavy (non-hydrogen) atoms. The Kier molecular flexibility index (Phi) is 5.24. The zero-order valence-electron chi connectivity index (χ0n) is 7.15. The first-order valence-electron chi connectivity index (χ1n) is 3.59. The third-order valence-corrected chi connectivity index (χ3v) is 0.870. The highest BCUT2D eigenvalue weighted by Gasteiger charge is 2.20. The Bertz CT molecular complexity index is 112. The number of halogens is 3. The quantitative estimate of drug-likeness (QED) is 0.466. The molecule has 1 unspecified atom stereocenters. The minimum absolute atomic E-state index is 0.130. The van der Waals surface area contributed by atoms with E-state index in [9.17, 15) is 13.2 Å². The van der Waals surface area contributed by atoms with E-state index in [1.165, 1.54) is 6.92 Å². The fourth-order valence-electron chi connectivity index (χ4n) is 0.490. The maximum Gasteiger partial charge on any atom is 0.268 e. The van der Waals surface area contributed by atoms with Crippen LogP contribution < -0.4 is 0 Å². The van der Waals surface area contributed by atoms with Crippen molar-refractivity contribution in [2.45, 2.75) is 25.9 Å². The third kappa shape index (κ3) is 9.71. The maximum absolute atomic E-state index is 12.1. The Hall–Kier alpha value is -0.290. The Balaban J connectivity index is 3.12. The highest BCUT2D eigenvalue weighted by Crippen LogP contribution is 2.10. The maximum atomic E-state index is 12.1. The molecule has 0 aliphatic heterocycles. The minimum atomic E-state index is -2.86. The molecule has 0 radical (unpaired) electrons. The fraction of sp³-hybridized carbons (Fsp3) is 1.00. The van der Waals surface area contributed by atoms with Crippen LogP contribution in [0, 0.1) is 0 Å². The summed E-state index contributed by atoms with van der Waals surface area (Å²) < 4.78 is 45.1. The molecule has 0 N–H and O–H groups in total. The summed E-state index contributed by atoms with van der Waals surface area (Å²) in [5, 5.41) is 0. The molecule has 0 spiro atoms. The van der Waals surface area contributed by atoms with Crippen LogP contribution in [0.1, 0.15) is 13.8 Å². The number of hydrogen-bond acceptors (Lipinski definition) is 2. The van der Waals surface area contributed by atoms with E-state index in [4.69, 9.17) is 0 Å². The Morgan fingerprint density at radius 1 is 1.33 bits per heavy atom. The van der Waals surface area contributed by atoms with E-state index >= 15 is 0 Å². The van der Waals surface area contributed by atoms with Crippen LogP contribution in [0.25, 0.3) is 0 Å². The van der Waals surface area contributed by atoms with Crippen molar-refractivity contribution in [1.82, 2.24) is 0 Å². The van der Waals surface area contributed by atoms with E-state index in [0.717, 1.165) is 6.92 Å². The average Bonchev–Trinajstić information content (AvgIpc) is 1.83. The normalized spacial score (nSPS) is 14.8. The monoisotopic (exact) mass is 186 g/mol. The molecule has 0 aromatic rings. The van der Waals surface area contributed by atoms with Gasteiger partial charge in [-0.1, -0.05) is 0 Å². The zero-order chi connectivity index (χ0) is 9.61. The van der Waals surface area contributed by atoms with Gasteiger partial charge in [0.05, 0.1) is 6.61 Å². The van der Waals surface area contributed by atoms with Gasteiger partial charge in [-0.2, -0.15) is 0 Å². The predicted octanol–water partition coefficient (Wildman–Crippen LogP) is 1.99. The highest BCUT2D eigenvalue weighted by atomic mass is 19.3. The second-order valence-electron chi connectivity index (χ2n) is 2.69. The number of alkyl halides is 3. The van der Waals surface area contributed by atoms with Crippen molar-refractivity contribution in [3.05, 3.63) is 0 Å². The molecule has 0 saturated heterocycles. The molecule has 0 rings (SSSR count). The van der Waals surface area contributed by atoms with Gasteiger partial charge in [-0.15, -0.1) is 0 Å². The van der Waals surface area contributed by atoms with Gasteiger partial charge in [0, 0.05) is 6.92 Å². The van der Waals surface area contributed by atoms with Crippen molar-refractivity contribution in [1.29, 1.82) is 0 Å². The first-order chi connectivity index (χ1) is 5.42. The summed E-state index contributed by atoms with van der Waals surface area (Å²) in [4.78, 5) is 0. The van der Waals surface area contributed by atoms with Gasteiger partial charge in [0.15, 0.2) is 0 Å². The zero-order valence-corrected chi connectivity index (χ0v) is 7.15. The summed E-state index contributed by atoms with van der Waals surface area (Å²) in [6, 6.07) is 0. The van der Waals surface area contributed by atoms with Crippen LogP contribution >= 0.6 is 0 Å². The molecule has 74 valence electrons. The highest BCUT2D eigenvalue weighted by molar-refractivity contribution is 4.53. The summed E-state index contributed by atoms with van der Waals surface area (Å²) in [5.41, 5.74) is 0. The van der Waals surface area contributed by atoms with E-state index in [2.05, 4.69) is 9.47 Å². The van der Waals surface area contributed by atoms with Gasteiger partial charge in [-0.25, -0.2) is 13.2 Å². The average molecular weight is 186 g/mol. The van der Waals surface area contributed by atoms with E-state index in [-0.39, 0.29) is 13.4 Å². The molecule has 0 bridgehead atoms. The van der Waals surface area contributed by atoms with Gasteiger partial charge in [-0.3, -0.25) is 0 Å². The molecule has 0 amide bonds. The van der Waals surface area contributed by atoms with Crippen molar-refractivity contribution in [3.63, 3.8) is 0 Å². The van der Waals surface area contributed by atoms with Crippen LogP contribution in [-0.2, 0) is 9.47 Å². The van der Waals surface area contributed by atoms with Gasteiger partial charge in [0.1, 0.15) is 19.6 Å². The molecule has 0 aliphatic carbocycles. The smallest absolute Gasteiger partial charge is 0.268 e. The van der Waals surface area contributed by atoms with Crippen LogP contribution in [0.15, 0.2) is 0 Å². The van der Waals surface area contributed by atoms with Gasteiger partial charge < -0.3 is 9.47 Å². The van der Waals surface area contributed by atoms with Crippen molar-refractivity contribution < 1.29 is 22.6 Å². The Morgan fingerprint density at radius 3 is 2.33 bits per heavy atom. The Morgan fingerprint density at radius 2 is 1.92 bits per heavy atom. The molecule has 0 aromatic carbocycles. The van der Waals surface area contributed by atoms with E-state index in [1.54, 1.807) is 0 Å². The van der Waals surface area contributed by atoms with E-state index in [1.807, 2.05) is 0 Å². The van der Waals surface area contributed by atoms with Crippen LogP contribution in [0.2, 0.25) is 0 Å². The van der Waals surface area contributed by atoms with Crippen LogP contribution in [0.5, 0.6) is 0 Å². The summed E-state index contributed by atoms with van der Waals surface area (Å²) >= 11 is 0. The molecule has 0 fully saturated rings. The summed E-state index contributed by atoms with van der Waals surface area (Å²) in [7, 11) is 0. The summed E-state index contributed by atoms with van der Waals surface area (Å²) in [6.45, 7) is 0.930. The standard InChI is InChI=1S/C7H13F3O2/c1-6(8)3-11-5-12-4-7(2,9)10/h6H,3-5H2,1-2H3. The summed E-state index contributed by atoms with van der Waals surface area (Å²) in [6.07, 6.45) is -1.10. The molecule has 0 heterocycles. The first-order valence-corrected chi connectivity index (χ1v) is 3.59. The number of ether oxygens (including phenoxy) is 2. The number of hydrogen-bond donors (Lipinski definition) is 0. The van der Waals surface area contributed by atoms with E-state index in [0.29, 0.717) is 0 Å². The van der Waals surface area contributed by atoms with Crippen LogP contribution in [-0.4, -0.2) is 32.1 Å². The predicted molar refractivity (Wildman–Crippen MR) is 38.0 cm³/mol. The van der Waals surface area contributed by atoms with Crippen molar-refractivity contribution >= 4 is 0 Å². The third-order valence-electron chi connectivity index (χ3n) is 0.870. The lowest BCUT2D eigenvalue weighted by Crippen LogP contribution is -2.20. The molecular formula is C7H13F3O2. The van der Waals surface area contributed by atoms with Gasteiger partial charge in [0.2, 0.25) is 0 Å². The van der Waals surface area contributed by atoms with Gasteiger partial charge >= 0.3 is 0 Å². The second-order valence-corrected chi connectivity index (χ2v) is 2.69. The van der Waals surface area contributed by atoms with Crippen LogP contribution in [0.3, 0.4) is 0 Å². The molecule has 1 atom stereocenters. The number of rotatable bonds is 6. The van der Waals surface area contributed by atoms with E-state index < -0.39 is 18.7 Å². The lowest BCUT2D eigenvalue weighted by Gasteiger charge is -2.10. The lowest BCUT2D eigenvalue weighted by molar-refractivity contribution is -0.126. The van der Waals surface area contributed by atoms with Crippen molar-refractivity contribution in [2.24, 2.45) is 0 Å². The second kappa shape index (κ2) is 5.37. The molecule has 0 aromatic heterocycles. The fourth-order valence-corrected chi connectivity index (χ4v) is 0.490. The van der Waals surface area contributed by atoms with Gasteiger partial charge in [-0.05, 0) is 6.92 Å².